The summed E-state index contributed by atoms with van der Waals surface area (Å²) in [5.74, 6) is 0. The second-order valence-electron chi connectivity index (χ2n) is 6.42. The molecule has 1 N–H and O–H groups in total. The summed E-state index contributed by atoms with van der Waals surface area (Å²) in [5, 5.41) is 7.09. The van der Waals surface area contributed by atoms with Crippen molar-refractivity contribution in [2.24, 2.45) is 0 Å². The van der Waals surface area contributed by atoms with Gasteiger partial charge in [0, 0.05) is 44.5 Å². The van der Waals surface area contributed by atoms with Crippen molar-refractivity contribution >= 4 is 6.03 Å². The zero-order chi connectivity index (χ0) is 17.6. The van der Waals surface area contributed by atoms with Gasteiger partial charge in [-0.15, -0.1) is 0 Å². The van der Waals surface area contributed by atoms with Crippen LogP contribution in [0, 0.1) is 0 Å². The van der Waals surface area contributed by atoms with Crippen LogP contribution >= 0.6 is 0 Å². The van der Waals surface area contributed by atoms with Crippen molar-refractivity contribution in [2.45, 2.75) is 32.5 Å². The first kappa shape index (κ1) is 17.3. The average Bonchev–Trinajstić information content (AvgIpc) is 3.14. The molecule has 2 aromatic rings. The highest BCUT2D eigenvalue weighted by molar-refractivity contribution is 5.74. The Hall–Kier alpha value is -2.48. The van der Waals surface area contributed by atoms with Gasteiger partial charge >= 0.3 is 6.03 Å². The van der Waals surface area contributed by atoms with Crippen LogP contribution in [-0.4, -0.2) is 67.8 Å². The lowest BCUT2D eigenvalue weighted by Crippen LogP contribution is -2.53. The quantitative estimate of drug-likeness (QED) is 0.881. The largest absolute Gasteiger partial charge is 0.334 e. The highest BCUT2D eigenvalue weighted by Gasteiger charge is 2.25. The Balaban J connectivity index is 1.46. The van der Waals surface area contributed by atoms with Crippen molar-refractivity contribution in [3.63, 3.8) is 0 Å². The van der Waals surface area contributed by atoms with Crippen LogP contribution in [0.3, 0.4) is 0 Å². The molecule has 0 radical (unpaired) electrons. The van der Waals surface area contributed by atoms with Crippen LogP contribution in [0.4, 0.5) is 4.79 Å². The molecule has 1 aliphatic heterocycles. The van der Waals surface area contributed by atoms with E-state index >= 15 is 0 Å². The maximum atomic E-state index is 12.4. The Morgan fingerprint density at radius 1 is 1.24 bits per heavy atom. The first-order valence-corrected chi connectivity index (χ1v) is 8.66. The molecule has 0 unspecified atom stereocenters. The van der Waals surface area contributed by atoms with E-state index in [1.165, 1.54) is 6.33 Å². The van der Waals surface area contributed by atoms with Gasteiger partial charge in [0.05, 0.1) is 12.2 Å². The number of carbonyl (C=O) groups is 1. The fraction of sp³-hybridized carbons (Fsp3) is 0.529. The van der Waals surface area contributed by atoms with Gasteiger partial charge in [-0.3, -0.25) is 14.6 Å². The molecule has 134 valence electrons. The number of amides is 2. The molecular weight excluding hydrogens is 318 g/mol. The molecule has 2 amide bonds. The van der Waals surface area contributed by atoms with Crippen molar-refractivity contribution in [1.29, 1.82) is 0 Å². The summed E-state index contributed by atoms with van der Waals surface area (Å²) in [7, 11) is 0. The van der Waals surface area contributed by atoms with Crippen LogP contribution in [0.1, 0.15) is 25.6 Å². The summed E-state index contributed by atoms with van der Waals surface area (Å²) >= 11 is 0. The van der Waals surface area contributed by atoms with Crippen molar-refractivity contribution < 1.29 is 4.79 Å². The van der Waals surface area contributed by atoms with Crippen molar-refractivity contribution in [1.82, 2.24) is 34.9 Å². The summed E-state index contributed by atoms with van der Waals surface area (Å²) in [6.07, 6.45) is 4.98. The average molecular weight is 343 g/mol. The molecule has 1 fully saturated rings. The molecule has 0 spiro atoms. The molecule has 1 aliphatic rings. The van der Waals surface area contributed by atoms with E-state index in [1.807, 2.05) is 30.2 Å². The highest BCUT2D eigenvalue weighted by Crippen LogP contribution is 2.19. The summed E-state index contributed by atoms with van der Waals surface area (Å²) in [5.41, 5.74) is 1.07. The Kier molecular flexibility index (Phi) is 5.60. The SMILES string of the molecule is C[C@H](Cn1cncn1)NC(=O)N1CCN([C@H](C)c2ccccn2)CC1. The van der Waals surface area contributed by atoms with Gasteiger partial charge in [-0.05, 0) is 26.0 Å². The lowest BCUT2D eigenvalue weighted by atomic mass is 10.1. The van der Waals surface area contributed by atoms with E-state index in [2.05, 4.69) is 38.3 Å². The van der Waals surface area contributed by atoms with Gasteiger partial charge in [0.15, 0.2) is 0 Å². The van der Waals surface area contributed by atoms with Crippen LogP contribution in [0.5, 0.6) is 0 Å². The number of urea groups is 1. The number of hydrogen-bond acceptors (Lipinski definition) is 5. The third-order valence-corrected chi connectivity index (χ3v) is 4.56. The number of pyridine rings is 1. The number of carbonyl (C=O) groups excluding carboxylic acids is 1. The first-order chi connectivity index (χ1) is 12.1. The number of hydrogen-bond donors (Lipinski definition) is 1. The number of rotatable bonds is 5. The van der Waals surface area contributed by atoms with Crippen LogP contribution in [-0.2, 0) is 6.54 Å². The van der Waals surface area contributed by atoms with Crippen molar-refractivity contribution in [2.75, 3.05) is 26.2 Å². The van der Waals surface area contributed by atoms with Crippen LogP contribution in [0.25, 0.3) is 0 Å². The van der Waals surface area contributed by atoms with Gasteiger partial charge in [-0.2, -0.15) is 5.10 Å². The summed E-state index contributed by atoms with van der Waals surface area (Å²) in [4.78, 5) is 25.0. The van der Waals surface area contributed by atoms with Gasteiger partial charge in [0.25, 0.3) is 0 Å². The van der Waals surface area contributed by atoms with Gasteiger partial charge in [-0.25, -0.2) is 9.78 Å². The molecule has 0 saturated carbocycles. The minimum Gasteiger partial charge on any atom is -0.334 e. The molecule has 3 heterocycles. The molecule has 1 saturated heterocycles. The molecule has 0 aromatic carbocycles. The fourth-order valence-electron chi connectivity index (χ4n) is 3.08. The lowest BCUT2D eigenvalue weighted by Gasteiger charge is -2.38. The van der Waals surface area contributed by atoms with Crippen LogP contribution in [0.2, 0.25) is 0 Å². The number of nitrogens with one attached hydrogen (secondary N) is 1. The number of nitrogens with zero attached hydrogens (tertiary/aromatic N) is 6. The molecule has 8 heteroatoms. The van der Waals surface area contributed by atoms with E-state index in [9.17, 15) is 4.79 Å². The van der Waals surface area contributed by atoms with E-state index < -0.39 is 0 Å². The summed E-state index contributed by atoms with van der Waals surface area (Å²) < 4.78 is 1.72. The van der Waals surface area contributed by atoms with E-state index in [0.717, 1.165) is 31.9 Å². The second-order valence-corrected chi connectivity index (χ2v) is 6.42. The van der Waals surface area contributed by atoms with E-state index in [4.69, 9.17) is 0 Å². The molecule has 2 atom stereocenters. The van der Waals surface area contributed by atoms with Crippen molar-refractivity contribution in [3.05, 3.63) is 42.7 Å². The standard InChI is InChI=1S/C17H25N7O/c1-14(11-24-13-18-12-20-24)21-17(25)23-9-7-22(8-10-23)15(2)16-5-3-4-6-19-16/h3-6,12-15H,7-11H2,1-2H3,(H,21,25)/t14-,15-/m1/s1. The summed E-state index contributed by atoms with van der Waals surface area (Å²) in [6, 6.07) is 6.24. The topological polar surface area (TPSA) is 79.2 Å². The third kappa shape index (κ3) is 4.54. The number of piperazine rings is 1. The molecule has 0 bridgehead atoms. The van der Waals surface area contributed by atoms with E-state index in [-0.39, 0.29) is 18.1 Å². The van der Waals surface area contributed by atoms with Gasteiger partial charge in [-0.1, -0.05) is 6.07 Å². The Morgan fingerprint density at radius 2 is 2.04 bits per heavy atom. The maximum Gasteiger partial charge on any atom is 0.317 e. The smallest absolute Gasteiger partial charge is 0.317 e. The van der Waals surface area contributed by atoms with Crippen LogP contribution in [0.15, 0.2) is 37.1 Å². The Labute approximate surface area is 147 Å². The molecule has 25 heavy (non-hydrogen) atoms. The molecule has 8 nitrogen and oxygen atoms in total. The number of aromatic nitrogens is 4. The Bertz CT molecular complexity index is 653. The minimum atomic E-state index is -0.0160. The minimum absolute atomic E-state index is 0.000304. The maximum absolute atomic E-state index is 12.4. The van der Waals surface area contributed by atoms with Gasteiger partial charge in [0.2, 0.25) is 0 Å². The zero-order valence-corrected chi connectivity index (χ0v) is 14.7. The predicted octanol–water partition coefficient (Wildman–Crippen LogP) is 1.15. The molecule has 3 rings (SSSR count). The molecule has 0 aliphatic carbocycles. The predicted molar refractivity (Wildman–Crippen MR) is 93.8 cm³/mol. The lowest BCUT2D eigenvalue weighted by molar-refractivity contribution is 0.111. The summed E-state index contributed by atoms with van der Waals surface area (Å²) in [6.45, 7) is 7.89. The normalized spacial score (nSPS) is 17.9. The van der Waals surface area contributed by atoms with Crippen molar-refractivity contribution in [3.8, 4) is 0 Å². The van der Waals surface area contributed by atoms with Crippen LogP contribution < -0.4 is 5.32 Å². The highest BCUT2D eigenvalue weighted by atomic mass is 16.2. The molecular formula is C17H25N7O. The van der Waals surface area contributed by atoms with E-state index in [0.29, 0.717) is 6.54 Å². The van der Waals surface area contributed by atoms with E-state index in [1.54, 1.807) is 11.0 Å². The first-order valence-electron chi connectivity index (χ1n) is 8.66. The zero-order valence-electron chi connectivity index (χ0n) is 14.7. The monoisotopic (exact) mass is 343 g/mol. The Morgan fingerprint density at radius 3 is 2.68 bits per heavy atom. The van der Waals surface area contributed by atoms with Gasteiger partial charge < -0.3 is 10.2 Å². The second kappa shape index (κ2) is 8.06. The third-order valence-electron chi connectivity index (χ3n) is 4.56. The molecule has 2 aromatic heterocycles. The van der Waals surface area contributed by atoms with Gasteiger partial charge in [0.1, 0.15) is 12.7 Å². The fourth-order valence-corrected chi connectivity index (χ4v) is 3.08.